The molecule has 6 nitrogen and oxygen atoms in total. The molecule has 0 aliphatic carbocycles. The lowest BCUT2D eigenvalue weighted by molar-refractivity contribution is -0.138. The molecule has 1 aliphatic heterocycles. The number of aromatic nitrogens is 2. The minimum Gasteiger partial charge on any atom is -0.437 e. The standard InChI is InChI=1S/C18H20F3N3O3/c1-11-5-6-15(14(8-11)18(19,20)21)27-16-9-12(2)24(23-16)17(25)22-10-13-4-3-7-26-13/h5-6,8-9,13H,3-4,7,10H2,1-2H3,(H,22,25). The third-order valence-corrected chi connectivity index (χ3v) is 4.22. The van der Waals surface area contributed by atoms with E-state index >= 15 is 0 Å². The Morgan fingerprint density at radius 2 is 2.15 bits per heavy atom. The fourth-order valence-electron chi connectivity index (χ4n) is 2.85. The van der Waals surface area contributed by atoms with Crippen molar-refractivity contribution in [1.82, 2.24) is 15.1 Å². The first-order valence-corrected chi connectivity index (χ1v) is 8.56. The quantitative estimate of drug-likeness (QED) is 0.865. The molecule has 27 heavy (non-hydrogen) atoms. The van der Waals surface area contributed by atoms with Crippen molar-refractivity contribution in [2.75, 3.05) is 13.2 Å². The molecule has 9 heteroatoms. The molecule has 1 aromatic heterocycles. The highest BCUT2D eigenvalue weighted by Crippen LogP contribution is 2.38. The van der Waals surface area contributed by atoms with Gasteiger partial charge in [-0.25, -0.2) is 4.79 Å². The molecule has 1 saturated heterocycles. The molecule has 1 atom stereocenters. The van der Waals surface area contributed by atoms with Gasteiger partial charge in [-0.1, -0.05) is 11.6 Å². The summed E-state index contributed by atoms with van der Waals surface area (Å²) in [5, 5.41) is 6.67. The molecule has 1 aromatic carbocycles. The van der Waals surface area contributed by atoms with Gasteiger partial charge in [-0.15, -0.1) is 5.10 Å². The van der Waals surface area contributed by atoms with E-state index in [1.165, 1.54) is 18.2 Å². The normalized spacial score (nSPS) is 17.1. The SMILES string of the molecule is Cc1ccc(Oc2cc(C)n(C(=O)NCC3CCCO3)n2)c(C(F)(F)F)c1. The van der Waals surface area contributed by atoms with E-state index < -0.39 is 17.8 Å². The molecule has 2 aromatic rings. The average Bonchev–Trinajstić information content (AvgIpc) is 3.23. The Morgan fingerprint density at radius 1 is 1.37 bits per heavy atom. The number of carbonyl (C=O) groups excluding carboxylic acids is 1. The summed E-state index contributed by atoms with van der Waals surface area (Å²) in [5.74, 6) is -0.452. The molecule has 1 amide bonds. The van der Waals surface area contributed by atoms with E-state index in [-0.39, 0.29) is 17.7 Å². The van der Waals surface area contributed by atoms with Crippen LogP contribution in [0.1, 0.15) is 29.7 Å². The molecule has 1 N–H and O–H groups in total. The van der Waals surface area contributed by atoms with Gasteiger partial charge in [0, 0.05) is 19.2 Å². The van der Waals surface area contributed by atoms with Crippen LogP contribution in [-0.4, -0.2) is 35.1 Å². The van der Waals surface area contributed by atoms with Crippen LogP contribution in [-0.2, 0) is 10.9 Å². The first-order chi connectivity index (χ1) is 12.7. The first kappa shape index (κ1) is 19.2. The number of ether oxygens (including phenoxy) is 2. The maximum absolute atomic E-state index is 13.2. The molecule has 0 bridgehead atoms. The first-order valence-electron chi connectivity index (χ1n) is 8.56. The van der Waals surface area contributed by atoms with Crippen molar-refractivity contribution in [2.24, 2.45) is 0 Å². The van der Waals surface area contributed by atoms with E-state index in [2.05, 4.69) is 10.4 Å². The van der Waals surface area contributed by atoms with Gasteiger partial charge in [0.2, 0.25) is 5.88 Å². The zero-order valence-electron chi connectivity index (χ0n) is 15.0. The zero-order chi connectivity index (χ0) is 19.6. The van der Waals surface area contributed by atoms with Crippen LogP contribution in [0.2, 0.25) is 0 Å². The number of aryl methyl sites for hydroxylation is 2. The number of amides is 1. The molecular formula is C18H20F3N3O3. The molecule has 0 radical (unpaired) electrons. The number of nitrogens with zero attached hydrogens (tertiary/aromatic N) is 2. The van der Waals surface area contributed by atoms with Gasteiger partial charge in [0.25, 0.3) is 0 Å². The molecule has 2 heterocycles. The van der Waals surface area contributed by atoms with Gasteiger partial charge in [0.15, 0.2) is 0 Å². The summed E-state index contributed by atoms with van der Waals surface area (Å²) in [4.78, 5) is 12.3. The molecule has 1 unspecified atom stereocenters. The Balaban J connectivity index is 1.74. The highest BCUT2D eigenvalue weighted by molar-refractivity contribution is 5.76. The van der Waals surface area contributed by atoms with Crippen LogP contribution >= 0.6 is 0 Å². The second-order valence-corrected chi connectivity index (χ2v) is 6.46. The van der Waals surface area contributed by atoms with Gasteiger partial charge in [-0.05, 0) is 38.8 Å². The number of halogens is 3. The zero-order valence-corrected chi connectivity index (χ0v) is 15.0. The van der Waals surface area contributed by atoms with Crippen molar-refractivity contribution < 1.29 is 27.4 Å². The second-order valence-electron chi connectivity index (χ2n) is 6.46. The van der Waals surface area contributed by atoms with Crippen molar-refractivity contribution in [2.45, 2.75) is 39.0 Å². The predicted molar refractivity (Wildman–Crippen MR) is 91.0 cm³/mol. The summed E-state index contributed by atoms with van der Waals surface area (Å²) >= 11 is 0. The van der Waals surface area contributed by atoms with Gasteiger partial charge in [0.1, 0.15) is 5.75 Å². The largest absolute Gasteiger partial charge is 0.437 e. The van der Waals surface area contributed by atoms with Crippen LogP contribution in [0.15, 0.2) is 24.3 Å². The summed E-state index contributed by atoms with van der Waals surface area (Å²) in [6.45, 7) is 4.21. The number of alkyl halides is 3. The number of nitrogens with one attached hydrogen (secondary N) is 1. The van der Waals surface area contributed by atoms with Crippen molar-refractivity contribution in [3.63, 3.8) is 0 Å². The number of hydrogen-bond donors (Lipinski definition) is 1. The number of carbonyl (C=O) groups is 1. The topological polar surface area (TPSA) is 65.4 Å². The lowest BCUT2D eigenvalue weighted by Gasteiger charge is -2.13. The molecular weight excluding hydrogens is 363 g/mol. The summed E-state index contributed by atoms with van der Waals surface area (Å²) in [5.41, 5.74) is 0.0120. The maximum Gasteiger partial charge on any atom is 0.419 e. The van der Waals surface area contributed by atoms with Gasteiger partial charge < -0.3 is 14.8 Å². The molecule has 1 aliphatic rings. The van der Waals surface area contributed by atoms with E-state index in [0.717, 1.165) is 23.6 Å². The lowest BCUT2D eigenvalue weighted by atomic mass is 10.1. The molecule has 0 spiro atoms. The second kappa shape index (κ2) is 7.59. The van der Waals surface area contributed by atoms with Gasteiger partial charge in [-0.2, -0.15) is 17.9 Å². The van der Waals surface area contributed by atoms with Crippen LogP contribution in [0.3, 0.4) is 0 Å². The Bertz CT molecular complexity index is 827. The van der Waals surface area contributed by atoms with E-state index in [1.807, 2.05) is 0 Å². The summed E-state index contributed by atoms with van der Waals surface area (Å²) < 4.78 is 51.4. The monoisotopic (exact) mass is 383 g/mol. The predicted octanol–water partition coefficient (Wildman–Crippen LogP) is 4.05. The third kappa shape index (κ3) is 4.60. The molecule has 3 rings (SSSR count). The van der Waals surface area contributed by atoms with Crippen molar-refractivity contribution >= 4 is 6.03 Å². The Kier molecular flexibility index (Phi) is 5.41. The average molecular weight is 383 g/mol. The number of rotatable bonds is 4. The highest BCUT2D eigenvalue weighted by atomic mass is 19.4. The van der Waals surface area contributed by atoms with Crippen LogP contribution < -0.4 is 10.1 Å². The lowest BCUT2D eigenvalue weighted by Crippen LogP contribution is -2.35. The Hall–Kier alpha value is -2.55. The van der Waals surface area contributed by atoms with Crippen LogP contribution in [0.4, 0.5) is 18.0 Å². The molecule has 146 valence electrons. The van der Waals surface area contributed by atoms with Crippen molar-refractivity contribution in [3.05, 3.63) is 41.1 Å². The van der Waals surface area contributed by atoms with Crippen LogP contribution in [0.5, 0.6) is 11.6 Å². The summed E-state index contributed by atoms with van der Waals surface area (Å²) in [6.07, 6.45) is -2.75. The van der Waals surface area contributed by atoms with E-state index in [1.54, 1.807) is 13.8 Å². The van der Waals surface area contributed by atoms with Crippen LogP contribution in [0, 0.1) is 13.8 Å². The van der Waals surface area contributed by atoms with Gasteiger partial charge in [-0.3, -0.25) is 0 Å². The van der Waals surface area contributed by atoms with Crippen LogP contribution in [0.25, 0.3) is 0 Å². The fraction of sp³-hybridized carbons (Fsp3) is 0.444. The molecule has 0 saturated carbocycles. The van der Waals surface area contributed by atoms with Crippen molar-refractivity contribution in [3.8, 4) is 11.6 Å². The van der Waals surface area contributed by atoms with E-state index in [4.69, 9.17) is 9.47 Å². The van der Waals surface area contributed by atoms with Crippen molar-refractivity contribution in [1.29, 1.82) is 0 Å². The highest BCUT2D eigenvalue weighted by Gasteiger charge is 2.35. The Labute approximate surface area is 154 Å². The number of hydrogen-bond acceptors (Lipinski definition) is 4. The number of benzene rings is 1. The van der Waals surface area contributed by atoms with Gasteiger partial charge >= 0.3 is 12.2 Å². The van der Waals surface area contributed by atoms with E-state index in [9.17, 15) is 18.0 Å². The summed E-state index contributed by atoms with van der Waals surface area (Å²) in [6, 6.07) is 4.68. The smallest absolute Gasteiger partial charge is 0.419 e. The van der Waals surface area contributed by atoms with Gasteiger partial charge in [0.05, 0.1) is 17.4 Å². The maximum atomic E-state index is 13.2. The Morgan fingerprint density at radius 3 is 2.81 bits per heavy atom. The third-order valence-electron chi connectivity index (χ3n) is 4.22. The molecule has 1 fully saturated rings. The minimum atomic E-state index is -4.56. The van der Waals surface area contributed by atoms with E-state index in [0.29, 0.717) is 24.4 Å². The minimum absolute atomic E-state index is 0.0255. The fourth-order valence-corrected chi connectivity index (χ4v) is 2.85. The summed E-state index contributed by atoms with van der Waals surface area (Å²) in [7, 11) is 0.